The van der Waals surface area contributed by atoms with Crippen LogP contribution in [-0.2, 0) is 0 Å². The third-order valence-corrected chi connectivity index (χ3v) is 4.06. The van der Waals surface area contributed by atoms with E-state index in [1.165, 1.54) is 0 Å². The Morgan fingerprint density at radius 3 is 2.48 bits per heavy atom. The molecule has 1 aromatic carbocycles. The Labute approximate surface area is 133 Å². The van der Waals surface area contributed by atoms with Gasteiger partial charge in [0.15, 0.2) is 5.78 Å². The molecular weight excluding hydrogens is 332 g/mol. The second kappa shape index (κ2) is 6.48. The molecule has 0 aliphatic rings. The molecule has 21 heavy (non-hydrogen) atoms. The van der Waals surface area contributed by atoms with Gasteiger partial charge in [0, 0.05) is 11.1 Å². The minimum absolute atomic E-state index is 0.0235. The summed E-state index contributed by atoms with van der Waals surface area (Å²) < 4.78 is 11.9. The molecule has 0 unspecified atom stereocenters. The first-order valence-electron chi connectivity index (χ1n) is 6.99. The quantitative estimate of drug-likeness (QED) is 0.713. The summed E-state index contributed by atoms with van der Waals surface area (Å²) in [7, 11) is 0. The van der Waals surface area contributed by atoms with Crippen molar-refractivity contribution in [2.24, 2.45) is 0 Å². The van der Waals surface area contributed by atoms with Crippen LogP contribution in [0.5, 0.6) is 5.75 Å². The van der Waals surface area contributed by atoms with Crippen molar-refractivity contribution in [2.75, 3.05) is 6.61 Å². The van der Waals surface area contributed by atoms with Crippen LogP contribution in [0.3, 0.4) is 0 Å². The van der Waals surface area contributed by atoms with E-state index in [2.05, 4.69) is 22.9 Å². The molecule has 3 nitrogen and oxygen atoms in total. The highest BCUT2D eigenvalue weighted by atomic mass is 79.9. The molecule has 4 heteroatoms. The standard InChI is InChI=1S/C17H19BrO3/c1-5-8-20-15-7-6-13(9-14(15)18)17(19)16-10(2)11(3)21-12(16)4/h6-7,9H,5,8H2,1-4H3. The maximum Gasteiger partial charge on any atom is 0.196 e. The minimum Gasteiger partial charge on any atom is -0.492 e. The van der Waals surface area contributed by atoms with Crippen LogP contribution in [0.4, 0.5) is 0 Å². The molecule has 0 amide bonds. The van der Waals surface area contributed by atoms with Crippen LogP contribution in [0, 0.1) is 20.8 Å². The van der Waals surface area contributed by atoms with Crippen LogP contribution in [0.15, 0.2) is 27.1 Å². The predicted molar refractivity (Wildman–Crippen MR) is 86.3 cm³/mol. The Bertz CT molecular complexity index is 671. The van der Waals surface area contributed by atoms with E-state index < -0.39 is 0 Å². The van der Waals surface area contributed by atoms with E-state index in [-0.39, 0.29) is 5.78 Å². The lowest BCUT2D eigenvalue weighted by Crippen LogP contribution is -2.04. The molecule has 2 aromatic rings. The van der Waals surface area contributed by atoms with Crippen LogP contribution >= 0.6 is 15.9 Å². The van der Waals surface area contributed by atoms with E-state index >= 15 is 0 Å². The van der Waals surface area contributed by atoms with E-state index in [0.29, 0.717) is 23.5 Å². The van der Waals surface area contributed by atoms with Gasteiger partial charge in [0.2, 0.25) is 0 Å². The molecule has 0 aliphatic carbocycles. The highest BCUT2D eigenvalue weighted by Crippen LogP contribution is 2.29. The molecule has 1 heterocycles. The Balaban J connectivity index is 2.34. The molecule has 2 rings (SSSR count). The third kappa shape index (κ3) is 3.21. The molecule has 112 valence electrons. The number of hydrogen-bond donors (Lipinski definition) is 0. The molecule has 0 radical (unpaired) electrons. The summed E-state index contributed by atoms with van der Waals surface area (Å²) in [6.07, 6.45) is 0.944. The zero-order chi connectivity index (χ0) is 15.6. The Kier molecular flexibility index (Phi) is 4.88. The Morgan fingerprint density at radius 2 is 1.95 bits per heavy atom. The summed E-state index contributed by atoms with van der Waals surface area (Å²) >= 11 is 3.46. The molecule has 0 saturated heterocycles. The van der Waals surface area contributed by atoms with Gasteiger partial charge in [0.25, 0.3) is 0 Å². The minimum atomic E-state index is -0.0235. The smallest absolute Gasteiger partial charge is 0.196 e. The number of halogens is 1. The van der Waals surface area contributed by atoms with E-state index in [1.54, 1.807) is 12.1 Å². The van der Waals surface area contributed by atoms with Crippen LogP contribution in [0.25, 0.3) is 0 Å². The van der Waals surface area contributed by atoms with Crippen molar-refractivity contribution in [3.05, 3.63) is 50.9 Å². The molecule has 0 atom stereocenters. The van der Waals surface area contributed by atoms with Gasteiger partial charge in [0.1, 0.15) is 17.3 Å². The van der Waals surface area contributed by atoms with Gasteiger partial charge in [-0.1, -0.05) is 6.92 Å². The van der Waals surface area contributed by atoms with Crippen molar-refractivity contribution in [3.8, 4) is 5.75 Å². The molecule has 0 bridgehead atoms. The fourth-order valence-corrected chi connectivity index (χ4v) is 2.74. The summed E-state index contributed by atoms with van der Waals surface area (Å²) in [5.74, 6) is 2.19. The lowest BCUT2D eigenvalue weighted by Gasteiger charge is -2.08. The molecule has 0 spiro atoms. The Hall–Kier alpha value is -1.55. The van der Waals surface area contributed by atoms with Gasteiger partial charge in [-0.2, -0.15) is 0 Å². The summed E-state index contributed by atoms with van der Waals surface area (Å²) in [5.41, 5.74) is 2.18. The predicted octanol–water partition coefficient (Wildman–Crippen LogP) is 4.99. The fourth-order valence-electron chi connectivity index (χ4n) is 2.24. The summed E-state index contributed by atoms with van der Waals surface area (Å²) in [6.45, 7) is 8.31. The third-order valence-electron chi connectivity index (χ3n) is 3.44. The van der Waals surface area contributed by atoms with Crippen molar-refractivity contribution in [3.63, 3.8) is 0 Å². The SMILES string of the molecule is CCCOc1ccc(C(=O)c2c(C)oc(C)c2C)cc1Br. The average Bonchev–Trinajstić information content (AvgIpc) is 2.70. The molecular formula is C17H19BrO3. The van der Waals surface area contributed by atoms with Gasteiger partial charge in [-0.25, -0.2) is 0 Å². The number of carbonyl (C=O) groups is 1. The number of hydrogen-bond acceptors (Lipinski definition) is 3. The second-order valence-electron chi connectivity index (χ2n) is 5.04. The number of carbonyl (C=O) groups excluding carboxylic acids is 1. The maximum absolute atomic E-state index is 12.7. The first kappa shape index (κ1) is 15.8. The first-order chi connectivity index (χ1) is 9.95. The lowest BCUT2D eigenvalue weighted by atomic mass is 10.00. The summed E-state index contributed by atoms with van der Waals surface area (Å²) in [6, 6.07) is 5.42. The Morgan fingerprint density at radius 1 is 1.24 bits per heavy atom. The molecule has 1 aromatic heterocycles. The fraction of sp³-hybridized carbons (Fsp3) is 0.353. The second-order valence-corrected chi connectivity index (χ2v) is 5.89. The normalized spacial score (nSPS) is 10.7. The lowest BCUT2D eigenvalue weighted by molar-refractivity contribution is 0.103. The molecule has 0 N–H and O–H groups in total. The van der Waals surface area contributed by atoms with Gasteiger partial charge in [-0.3, -0.25) is 4.79 Å². The van der Waals surface area contributed by atoms with E-state index in [9.17, 15) is 4.79 Å². The monoisotopic (exact) mass is 350 g/mol. The number of aryl methyl sites for hydroxylation is 2. The van der Waals surface area contributed by atoms with Crippen molar-refractivity contribution in [1.82, 2.24) is 0 Å². The highest BCUT2D eigenvalue weighted by Gasteiger charge is 2.20. The van der Waals surface area contributed by atoms with Gasteiger partial charge >= 0.3 is 0 Å². The highest BCUT2D eigenvalue weighted by molar-refractivity contribution is 9.10. The molecule has 0 aliphatic heterocycles. The number of benzene rings is 1. The number of ether oxygens (including phenoxy) is 1. The van der Waals surface area contributed by atoms with Gasteiger partial charge < -0.3 is 9.15 Å². The number of rotatable bonds is 5. The van der Waals surface area contributed by atoms with Crippen molar-refractivity contribution in [1.29, 1.82) is 0 Å². The zero-order valence-corrected chi connectivity index (χ0v) is 14.3. The summed E-state index contributed by atoms with van der Waals surface area (Å²) in [5, 5.41) is 0. The number of furan rings is 1. The van der Waals surface area contributed by atoms with Crippen LogP contribution < -0.4 is 4.74 Å². The van der Waals surface area contributed by atoms with Gasteiger partial charge in [-0.15, -0.1) is 0 Å². The average molecular weight is 351 g/mol. The van der Waals surface area contributed by atoms with Crippen LogP contribution in [-0.4, -0.2) is 12.4 Å². The maximum atomic E-state index is 12.7. The van der Waals surface area contributed by atoms with E-state index in [0.717, 1.165) is 28.0 Å². The van der Waals surface area contributed by atoms with Crippen LogP contribution in [0.1, 0.15) is 46.3 Å². The first-order valence-corrected chi connectivity index (χ1v) is 7.78. The van der Waals surface area contributed by atoms with E-state index in [1.807, 2.05) is 26.8 Å². The van der Waals surface area contributed by atoms with Gasteiger partial charge in [0.05, 0.1) is 16.6 Å². The summed E-state index contributed by atoms with van der Waals surface area (Å²) in [4.78, 5) is 12.7. The van der Waals surface area contributed by atoms with Crippen LogP contribution in [0.2, 0.25) is 0 Å². The molecule has 0 fully saturated rings. The largest absolute Gasteiger partial charge is 0.492 e. The van der Waals surface area contributed by atoms with Crippen molar-refractivity contribution < 1.29 is 13.9 Å². The van der Waals surface area contributed by atoms with Gasteiger partial charge in [-0.05, 0) is 61.3 Å². The zero-order valence-electron chi connectivity index (χ0n) is 12.7. The molecule has 0 saturated carbocycles. The van der Waals surface area contributed by atoms with E-state index in [4.69, 9.17) is 9.15 Å². The van der Waals surface area contributed by atoms with Crippen molar-refractivity contribution in [2.45, 2.75) is 34.1 Å². The number of ketones is 1. The topological polar surface area (TPSA) is 39.4 Å². The van der Waals surface area contributed by atoms with Crippen molar-refractivity contribution >= 4 is 21.7 Å².